The van der Waals surface area contributed by atoms with Gasteiger partial charge in [0.15, 0.2) is 0 Å². The smallest absolute Gasteiger partial charge is 0.224 e. The molecule has 0 aromatic heterocycles. The van der Waals surface area contributed by atoms with Crippen LogP contribution in [-0.4, -0.2) is 25.5 Å². The number of hydrogen-bond acceptors (Lipinski definition) is 2. The summed E-state index contributed by atoms with van der Waals surface area (Å²) >= 11 is 0. The minimum atomic E-state index is 0. The predicted molar refractivity (Wildman–Crippen MR) is 92.6 cm³/mol. The van der Waals surface area contributed by atoms with Crippen LogP contribution in [0, 0.1) is 5.92 Å². The molecule has 1 saturated heterocycles. The molecule has 0 radical (unpaired) electrons. The second-order valence-corrected chi connectivity index (χ2v) is 6.48. The fraction of sp³-hybridized carbons (Fsp3) is 0.611. The Labute approximate surface area is 139 Å². The Morgan fingerprint density at radius 2 is 2.09 bits per heavy atom. The average molecular weight is 323 g/mol. The molecule has 1 heterocycles. The molecule has 0 spiro atoms. The Hall–Kier alpha value is -1.06. The monoisotopic (exact) mass is 322 g/mol. The zero-order valence-corrected chi connectivity index (χ0v) is 14.0. The fourth-order valence-corrected chi connectivity index (χ4v) is 3.57. The Morgan fingerprint density at radius 1 is 1.23 bits per heavy atom. The molecule has 0 bridgehead atoms. The quantitative estimate of drug-likeness (QED) is 0.875. The van der Waals surface area contributed by atoms with Gasteiger partial charge in [0.2, 0.25) is 5.91 Å². The first-order valence-electron chi connectivity index (χ1n) is 8.39. The van der Waals surface area contributed by atoms with E-state index >= 15 is 0 Å². The summed E-state index contributed by atoms with van der Waals surface area (Å²) in [5.74, 6) is 0.899. The van der Waals surface area contributed by atoms with Gasteiger partial charge in [-0.25, -0.2) is 0 Å². The Bertz CT molecular complexity index is 498. The largest absolute Gasteiger partial charge is 0.356 e. The topological polar surface area (TPSA) is 41.1 Å². The number of aryl methyl sites for hydroxylation is 2. The first-order valence-corrected chi connectivity index (χ1v) is 8.39. The van der Waals surface area contributed by atoms with Crippen molar-refractivity contribution in [2.45, 2.75) is 44.9 Å². The summed E-state index contributed by atoms with van der Waals surface area (Å²) < 4.78 is 0. The highest BCUT2D eigenvalue weighted by Crippen LogP contribution is 2.23. The van der Waals surface area contributed by atoms with E-state index in [0.29, 0.717) is 6.42 Å². The number of rotatable bonds is 5. The lowest BCUT2D eigenvalue weighted by Crippen LogP contribution is -2.33. The molecule has 1 aromatic rings. The van der Waals surface area contributed by atoms with E-state index in [1.54, 1.807) is 0 Å². The number of piperidine rings is 1. The molecule has 3 nitrogen and oxygen atoms in total. The molecule has 1 aliphatic heterocycles. The third-order valence-corrected chi connectivity index (χ3v) is 4.80. The van der Waals surface area contributed by atoms with E-state index in [2.05, 4.69) is 28.8 Å². The maximum absolute atomic E-state index is 12.0. The van der Waals surface area contributed by atoms with Gasteiger partial charge >= 0.3 is 0 Å². The number of carbonyl (C=O) groups excluding carboxylic acids is 1. The number of amides is 1. The van der Waals surface area contributed by atoms with E-state index in [9.17, 15) is 4.79 Å². The highest BCUT2D eigenvalue weighted by atomic mass is 35.5. The van der Waals surface area contributed by atoms with Crippen molar-refractivity contribution in [2.75, 3.05) is 19.6 Å². The summed E-state index contributed by atoms with van der Waals surface area (Å²) in [7, 11) is 0. The molecule has 4 heteroatoms. The number of carbonyl (C=O) groups is 1. The Kier molecular flexibility index (Phi) is 6.71. The summed E-state index contributed by atoms with van der Waals surface area (Å²) in [6, 6.07) is 6.56. The van der Waals surface area contributed by atoms with Gasteiger partial charge in [-0.2, -0.15) is 0 Å². The Balaban J connectivity index is 0.00000176. The number of fused-ring (bicyclic) bond motifs is 1. The lowest BCUT2D eigenvalue weighted by Gasteiger charge is -2.22. The van der Waals surface area contributed by atoms with Crippen LogP contribution in [0.2, 0.25) is 0 Å². The zero-order valence-electron chi connectivity index (χ0n) is 13.2. The first kappa shape index (κ1) is 17.3. The van der Waals surface area contributed by atoms with Crippen molar-refractivity contribution in [3.05, 3.63) is 34.9 Å². The third kappa shape index (κ3) is 4.72. The van der Waals surface area contributed by atoms with E-state index in [1.807, 2.05) is 0 Å². The van der Waals surface area contributed by atoms with Gasteiger partial charge in [-0.15, -0.1) is 12.4 Å². The maximum Gasteiger partial charge on any atom is 0.224 e. The molecule has 2 aliphatic rings. The summed E-state index contributed by atoms with van der Waals surface area (Å²) in [5.41, 5.74) is 4.09. The first-order chi connectivity index (χ1) is 10.3. The number of halogens is 1. The van der Waals surface area contributed by atoms with Crippen LogP contribution in [0.25, 0.3) is 0 Å². The van der Waals surface area contributed by atoms with Crippen LogP contribution in [0.5, 0.6) is 0 Å². The second kappa shape index (κ2) is 8.54. The van der Waals surface area contributed by atoms with Gasteiger partial charge in [0.25, 0.3) is 0 Å². The lowest BCUT2D eigenvalue weighted by atomic mass is 9.96. The summed E-state index contributed by atoms with van der Waals surface area (Å²) in [4.78, 5) is 12.0. The van der Waals surface area contributed by atoms with Crippen LogP contribution in [0.15, 0.2) is 18.2 Å². The second-order valence-electron chi connectivity index (χ2n) is 6.48. The van der Waals surface area contributed by atoms with Crippen molar-refractivity contribution < 1.29 is 4.79 Å². The fourth-order valence-electron chi connectivity index (χ4n) is 3.57. The lowest BCUT2D eigenvalue weighted by molar-refractivity contribution is -0.120. The highest BCUT2D eigenvalue weighted by Gasteiger charge is 2.14. The molecule has 22 heavy (non-hydrogen) atoms. The van der Waals surface area contributed by atoms with Gasteiger partial charge in [0.1, 0.15) is 0 Å². The molecular weight excluding hydrogens is 296 g/mol. The van der Waals surface area contributed by atoms with Crippen LogP contribution in [-0.2, 0) is 24.1 Å². The normalized spacial score (nSPS) is 20.1. The minimum Gasteiger partial charge on any atom is -0.356 e. The highest BCUT2D eigenvalue weighted by molar-refractivity contribution is 5.85. The van der Waals surface area contributed by atoms with Gasteiger partial charge in [-0.1, -0.05) is 18.2 Å². The predicted octanol–water partition coefficient (Wildman–Crippen LogP) is 2.65. The molecule has 1 unspecified atom stereocenters. The van der Waals surface area contributed by atoms with Crippen LogP contribution < -0.4 is 10.6 Å². The molecule has 1 atom stereocenters. The molecule has 3 rings (SSSR count). The van der Waals surface area contributed by atoms with Crippen LogP contribution in [0.4, 0.5) is 0 Å². The number of nitrogens with one attached hydrogen (secondary N) is 2. The van der Waals surface area contributed by atoms with E-state index in [4.69, 9.17) is 0 Å². The van der Waals surface area contributed by atoms with Gasteiger partial charge in [0, 0.05) is 6.54 Å². The van der Waals surface area contributed by atoms with Gasteiger partial charge in [-0.05, 0) is 74.2 Å². The van der Waals surface area contributed by atoms with Crippen molar-refractivity contribution in [2.24, 2.45) is 5.92 Å². The maximum atomic E-state index is 12.0. The van der Waals surface area contributed by atoms with E-state index in [-0.39, 0.29) is 18.3 Å². The van der Waals surface area contributed by atoms with Crippen molar-refractivity contribution in [1.82, 2.24) is 10.6 Å². The van der Waals surface area contributed by atoms with Crippen molar-refractivity contribution in [3.63, 3.8) is 0 Å². The molecule has 1 fully saturated rings. The Morgan fingerprint density at radius 3 is 2.91 bits per heavy atom. The van der Waals surface area contributed by atoms with Gasteiger partial charge in [0.05, 0.1) is 6.42 Å². The molecule has 0 saturated carbocycles. The SMILES string of the molecule is Cl.O=C(Cc1ccc2c(c1)CCC2)NCCC1CCCNC1. The van der Waals surface area contributed by atoms with Gasteiger partial charge < -0.3 is 10.6 Å². The summed E-state index contributed by atoms with van der Waals surface area (Å²) in [6.07, 6.45) is 7.84. The van der Waals surface area contributed by atoms with Crippen molar-refractivity contribution in [1.29, 1.82) is 0 Å². The van der Waals surface area contributed by atoms with Crippen LogP contribution >= 0.6 is 12.4 Å². The average Bonchev–Trinajstić information content (AvgIpc) is 2.96. The summed E-state index contributed by atoms with van der Waals surface area (Å²) in [6.45, 7) is 3.08. The zero-order chi connectivity index (χ0) is 14.5. The minimum absolute atomic E-state index is 0. The molecule has 1 aromatic carbocycles. The molecule has 2 N–H and O–H groups in total. The molecule has 122 valence electrons. The molecular formula is C18H27ClN2O. The van der Waals surface area contributed by atoms with E-state index < -0.39 is 0 Å². The van der Waals surface area contributed by atoms with Crippen molar-refractivity contribution in [3.8, 4) is 0 Å². The number of benzene rings is 1. The van der Waals surface area contributed by atoms with E-state index in [0.717, 1.165) is 37.5 Å². The number of hydrogen-bond donors (Lipinski definition) is 2. The summed E-state index contributed by atoms with van der Waals surface area (Å²) in [5, 5.41) is 6.50. The van der Waals surface area contributed by atoms with Crippen LogP contribution in [0.3, 0.4) is 0 Å². The van der Waals surface area contributed by atoms with Crippen molar-refractivity contribution >= 4 is 18.3 Å². The van der Waals surface area contributed by atoms with Gasteiger partial charge in [-0.3, -0.25) is 4.79 Å². The third-order valence-electron chi connectivity index (χ3n) is 4.80. The van der Waals surface area contributed by atoms with Crippen LogP contribution in [0.1, 0.15) is 42.4 Å². The van der Waals surface area contributed by atoms with E-state index in [1.165, 1.54) is 43.2 Å². The molecule has 1 aliphatic carbocycles. The standard InChI is InChI=1S/C18H26N2O.ClH/c21-18(20-10-8-14-3-2-9-19-13-14)12-15-6-7-16-4-1-5-17(16)11-15;/h6-7,11,14,19H,1-5,8-10,12-13H2,(H,20,21);1H. The molecule has 1 amide bonds.